The SMILES string of the molecule is NC(=O)CSC(=Nc1ccccc1)N1CCN(Cc2ccccc2)CC1. The molecular formula is C20H24N4OS. The third-order valence-corrected chi connectivity index (χ3v) is 5.25. The van der Waals surface area contributed by atoms with Crippen LogP contribution in [0.15, 0.2) is 65.7 Å². The molecule has 0 spiro atoms. The fourth-order valence-electron chi connectivity index (χ4n) is 2.88. The lowest BCUT2D eigenvalue weighted by Crippen LogP contribution is -2.47. The van der Waals surface area contributed by atoms with Crippen molar-refractivity contribution in [1.82, 2.24) is 9.80 Å². The number of aliphatic imine (C=N–C) groups is 1. The molecule has 0 bridgehead atoms. The fraction of sp³-hybridized carbons (Fsp3) is 0.300. The number of rotatable bonds is 5. The molecule has 0 aliphatic carbocycles. The van der Waals surface area contributed by atoms with Crippen LogP contribution in [0.5, 0.6) is 0 Å². The lowest BCUT2D eigenvalue weighted by molar-refractivity contribution is -0.115. The van der Waals surface area contributed by atoms with Gasteiger partial charge >= 0.3 is 0 Å². The molecule has 1 heterocycles. The molecule has 0 unspecified atom stereocenters. The molecule has 26 heavy (non-hydrogen) atoms. The zero-order valence-corrected chi connectivity index (χ0v) is 15.6. The van der Waals surface area contributed by atoms with Crippen molar-refractivity contribution < 1.29 is 4.79 Å². The summed E-state index contributed by atoms with van der Waals surface area (Å²) in [6.45, 7) is 4.70. The summed E-state index contributed by atoms with van der Waals surface area (Å²) in [5.41, 5.74) is 7.56. The number of para-hydroxylation sites is 1. The van der Waals surface area contributed by atoms with Gasteiger partial charge in [-0.3, -0.25) is 9.69 Å². The number of carbonyl (C=O) groups is 1. The molecule has 0 radical (unpaired) electrons. The topological polar surface area (TPSA) is 61.9 Å². The zero-order valence-electron chi connectivity index (χ0n) is 14.8. The van der Waals surface area contributed by atoms with Gasteiger partial charge in [-0.1, -0.05) is 60.3 Å². The molecule has 1 aliphatic heterocycles. The van der Waals surface area contributed by atoms with E-state index in [1.54, 1.807) is 0 Å². The Morgan fingerprint density at radius 3 is 2.19 bits per heavy atom. The molecule has 1 saturated heterocycles. The summed E-state index contributed by atoms with van der Waals surface area (Å²) in [5.74, 6) is -0.0749. The van der Waals surface area contributed by atoms with E-state index in [0.717, 1.165) is 43.6 Å². The summed E-state index contributed by atoms with van der Waals surface area (Å²) in [6, 6.07) is 20.4. The maximum atomic E-state index is 11.2. The standard InChI is InChI=1S/C20H24N4OS/c21-19(25)16-26-20(22-18-9-5-2-6-10-18)24-13-11-23(12-14-24)15-17-7-3-1-4-8-17/h1-10H,11-16H2,(H2,21,25). The van der Waals surface area contributed by atoms with Crippen molar-refractivity contribution in [1.29, 1.82) is 0 Å². The summed E-state index contributed by atoms with van der Waals surface area (Å²) in [4.78, 5) is 20.7. The first-order valence-electron chi connectivity index (χ1n) is 8.77. The number of piperazine rings is 1. The number of benzene rings is 2. The minimum atomic E-state index is -0.321. The van der Waals surface area contributed by atoms with Crippen LogP contribution < -0.4 is 5.73 Å². The second kappa shape index (κ2) is 9.40. The molecule has 6 heteroatoms. The number of hydrogen-bond donors (Lipinski definition) is 1. The van der Waals surface area contributed by atoms with Gasteiger partial charge in [0.1, 0.15) is 0 Å². The van der Waals surface area contributed by atoms with Crippen molar-refractivity contribution in [2.45, 2.75) is 6.54 Å². The van der Waals surface area contributed by atoms with Gasteiger partial charge in [0.15, 0.2) is 5.17 Å². The molecule has 136 valence electrons. The van der Waals surface area contributed by atoms with Crippen molar-refractivity contribution in [2.75, 3.05) is 31.9 Å². The number of amidine groups is 1. The highest BCUT2D eigenvalue weighted by Gasteiger charge is 2.20. The van der Waals surface area contributed by atoms with Crippen LogP contribution in [-0.2, 0) is 11.3 Å². The Kier molecular flexibility index (Phi) is 6.68. The minimum Gasteiger partial charge on any atom is -0.369 e. The Morgan fingerprint density at radius 2 is 1.58 bits per heavy atom. The second-order valence-electron chi connectivity index (χ2n) is 6.23. The van der Waals surface area contributed by atoms with Gasteiger partial charge in [0.25, 0.3) is 0 Å². The molecule has 3 rings (SSSR count). The van der Waals surface area contributed by atoms with E-state index < -0.39 is 0 Å². The number of carbonyl (C=O) groups excluding carboxylic acids is 1. The van der Waals surface area contributed by atoms with Gasteiger partial charge in [-0.05, 0) is 17.7 Å². The Labute approximate surface area is 158 Å². The van der Waals surface area contributed by atoms with E-state index in [0.29, 0.717) is 0 Å². The summed E-state index contributed by atoms with van der Waals surface area (Å²) in [5, 5.41) is 0.870. The lowest BCUT2D eigenvalue weighted by Gasteiger charge is -2.36. The van der Waals surface area contributed by atoms with E-state index in [9.17, 15) is 4.79 Å². The molecule has 2 aromatic carbocycles. The lowest BCUT2D eigenvalue weighted by atomic mass is 10.2. The van der Waals surface area contributed by atoms with Crippen molar-refractivity contribution in [3.8, 4) is 0 Å². The Balaban J connectivity index is 1.63. The van der Waals surface area contributed by atoms with Crippen LogP contribution in [0.25, 0.3) is 0 Å². The first-order chi connectivity index (χ1) is 12.7. The Bertz CT molecular complexity index is 728. The predicted molar refractivity (Wildman–Crippen MR) is 108 cm³/mol. The number of primary amides is 1. The Morgan fingerprint density at radius 1 is 0.962 bits per heavy atom. The number of amides is 1. The van der Waals surface area contributed by atoms with E-state index in [1.165, 1.54) is 17.3 Å². The smallest absolute Gasteiger partial charge is 0.227 e. The highest BCUT2D eigenvalue weighted by molar-refractivity contribution is 8.14. The van der Waals surface area contributed by atoms with E-state index in [1.807, 2.05) is 36.4 Å². The van der Waals surface area contributed by atoms with Crippen LogP contribution in [0.3, 0.4) is 0 Å². The van der Waals surface area contributed by atoms with Gasteiger partial charge in [-0.25, -0.2) is 4.99 Å². The monoisotopic (exact) mass is 368 g/mol. The number of thioether (sulfide) groups is 1. The van der Waals surface area contributed by atoms with E-state index in [-0.39, 0.29) is 11.7 Å². The Hall–Kier alpha value is -2.31. The second-order valence-corrected chi connectivity index (χ2v) is 7.18. The highest BCUT2D eigenvalue weighted by Crippen LogP contribution is 2.19. The maximum absolute atomic E-state index is 11.2. The van der Waals surface area contributed by atoms with Crippen molar-refractivity contribution in [3.05, 3.63) is 66.2 Å². The average molecular weight is 369 g/mol. The number of nitrogens with two attached hydrogens (primary N) is 1. The van der Waals surface area contributed by atoms with E-state index >= 15 is 0 Å². The molecule has 1 fully saturated rings. The number of nitrogens with zero attached hydrogens (tertiary/aromatic N) is 3. The van der Waals surface area contributed by atoms with Crippen LogP contribution in [0.2, 0.25) is 0 Å². The normalized spacial score (nSPS) is 15.8. The first kappa shape index (κ1) is 18.5. The quantitative estimate of drug-likeness (QED) is 0.651. The van der Waals surface area contributed by atoms with E-state index in [4.69, 9.17) is 10.7 Å². The molecule has 1 aliphatic rings. The van der Waals surface area contributed by atoms with E-state index in [2.05, 4.69) is 34.1 Å². The third kappa shape index (κ3) is 5.61. The van der Waals surface area contributed by atoms with Crippen LogP contribution in [0.4, 0.5) is 5.69 Å². The van der Waals surface area contributed by atoms with Crippen molar-refractivity contribution >= 4 is 28.5 Å². The molecule has 2 N–H and O–H groups in total. The summed E-state index contributed by atoms with van der Waals surface area (Å²) >= 11 is 1.42. The molecule has 5 nitrogen and oxygen atoms in total. The van der Waals surface area contributed by atoms with Crippen molar-refractivity contribution in [3.63, 3.8) is 0 Å². The summed E-state index contributed by atoms with van der Waals surface area (Å²) < 4.78 is 0. The fourth-order valence-corrected chi connectivity index (χ4v) is 3.69. The first-order valence-corrected chi connectivity index (χ1v) is 9.75. The highest BCUT2D eigenvalue weighted by atomic mass is 32.2. The van der Waals surface area contributed by atoms with Crippen LogP contribution in [0.1, 0.15) is 5.56 Å². The average Bonchev–Trinajstić information content (AvgIpc) is 2.67. The van der Waals surface area contributed by atoms with Crippen molar-refractivity contribution in [2.24, 2.45) is 10.7 Å². The van der Waals surface area contributed by atoms with Crippen LogP contribution >= 0.6 is 11.8 Å². The van der Waals surface area contributed by atoms with Crippen LogP contribution in [-0.4, -0.2) is 52.8 Å². The third-order valence-electron chi connectivity index (χ3n) is 4.22. The molecule has 0 aromatic heterocycles. The van der Waals surface area contributed by atoms with Gasteiger partial charge in [0.2, 0.25) is 5.91 Å². The van der Waals surface area contributed by atoms with Gasteiger partial charge in [0, 0.05) is 32.7 Å². The zero-order chi connectivity index (χ0) is 18.2. The number of hydrogen-bond acceptors (Lipinski definition) is 4. The molecular weight excluding hydrogens is 344 g/mol. The molecule has 2 aromatic rings. The molecule has 0 atom stereocenters. The van der Waals surface area contributed by atoms with Gasteiger partial charge in [-0.2, -0.15) is 0 Å². The summed E-state index contributed by atoms with van der Waals surface area (Å²) in [7, 11) is 0. The summed E-state index contributed by atoms with van der Waals surface area (Å²) in [6.07, 6.45) is 0. The molecule has 0 saturated carbocycles. The van der Waals surface area contributed by atoms with Gasteiger partial charge < -0.3 is 10.6 Å². The minimum absolute atomic E-state index is 0.246. The van der Waals surface area contributed by atoms with Crippen LogP contribution in [0, 0.1) is 0 Å². The van der Waals surface area contributed by atoms with Gasteiger partial charge in [-0.15, -0.1) is 0 Å². The maximum Gasteiger partial charge on any atom is 0.227 e. The molecule has 1 amide bonds. The predicted octanol–water partition coefficient (Wildman–Crippen LogP) is 2.71. The van der Waals surface area contributed by atoms with Gasteiger partial charge in [0.05, 0.1) is 11.4 Å². The largest absolute Gasteiger partial charge is 0.369 e.